The molecule has 1 unspecified atom stereocenters. The average Bonchev–Trinajstić information content (AvgIpc) is 2.71. The Balaban J connectivity index is 2.37. The zero-order valence-corrected chi connectivity index (χ0v) is 20.3. The van der Waals surface area contributed by atoms with Crippen molar-refractivity contribution in [3.63, 3.8) is 0 Å². The van der Waals surface area contributed by atoms with Gasteiger partial charge in [-0.1, -0.05) is 104 Å². The molecule has 1 N–H and O–H groups in total. The van der Waals surface area contributed by atoms with Crippen molar-refractivity contribution < 1.29 is 0 Å². The van der Waals surface area contributed by atoms with Crippen LogP contribution >= 0.6 is 12.2 Å². The van der Waals surface area contributed by atoms with Crippen LogP contribution in [0.25, 0.3) is 0 Å². The summed E-state index contributed by atoms with van der Waals surface area (Å²) >= 11 is 5.87. The maximum atomic E-state index is 5.87. The van der Waals surface area contributed by atoms with Crippen molar-refractivity contribution in [3.8, 4) is 0 Å². The lowest BCUT2D eigenvalue weighted by Crippen LogP contribution is -2.46. The summed E-state index contributed by atoms with van der Waals surface area (Å²) in [6.45, 7) is 9.25. The van der Waals surface area contributed by atoms with Gasteiger partial charge in [0.05, 0.1) is 0 Å². The molecule has 1 aliphatic carbocycles. The molecule has 1 saturated carbocycles. The highest BCUT2D eigenvalue weighted by Gasteiger charge is 2.18. The second kappa shape index (κ2) is 17.5. The molecule has 166 valence electrons. The quantitative estimate of drug-likeness (QED) is 0.206. The molecule has 0 bridgehead atoms. The number of nitrogens with zero attached hydrogens (tertiary/aromatic N) is 1. The van der Waals surface area contributed by atoms with Crippen LogP contribution in [0.2, 0.25) is 0 Å². The first kappa shape index (κ1) is 25.7. The zero-order chi connectivity index (χ0) is 20.5. The van der Waals surface area contributed by atoms with E-state index in [9.17, 15) is 0 Å². The van der Waals surface area contributed by atoms with Gasteiger partial charge in [0.15, 0.2) is 5.11 Å². The number of unbranched alkanes of at least 4 members (excludes halogenated alkanes) is 7. The largest absolute Gasteiger partial charge is 0.360 e. The SMILES string of the molecule is CCCCCCCCCCN(CCC(CC)CCC)C(=S)NC1CCCCC1. The second-order valence-electron chi connectivity index (χ2n) is 9.10. The van der Waals surface area contributed by atoms with Gasteiger partial charge in [-0.15, -0.1) is 0 Å². The summed E-state index contributed by atoms with van der Waals surface area (Å²) in [5.74, 6) is 0.864. The summed E-state index contributed by atoms with van der Waals surface area (Å²) in [5.41, 5.74) is 0. The monoisotopic (exact) mass is 410 g/mol. The molecule has 0 radical (unpaired) electrons. The van der Waals surface area contributed by atoms with Gasteiger partial charge in [-0.2, -0.15) is 0 Å². The molecule has 1 fully saturated rings. The van der Waals surface area contributed by atoms with Gasteiger partial charge in [0.1, 0.15) is 0 Å². The molecule has 3 heteroatoms. The fraction of sp³-hybridized carbons (Fsp3) is 0.960. The summed E-state index contributed by atoms with van der Waals surface area (Å²) in [6, 6.07) is 0.625. The molecule has 0 aliphatic heterocycles. The van der Waals surface area contributed by atoms with E-state index in [4.69, 9.17) is 12.2 Å². The first-order valence-electron chi connectivity index (χ1n) is 12.8. The van der Waals surface area contributed by atoms with E-state index in [-0.39, 0.29) is 0 Å². The molecule has 0 spiro atoms. The minimum absolute atomic E-state index is 0.625. The molecule has 0 amide bonds. The third-order valence-electron chi connectivity index (χ3n) is 6.58. The molecule has 0 saturated heterocycles. The highest BCUT2D eigenvalue weighted by atomic mass is 32.1. The van der Waals surface area contributed by atoms with Crippen molar-refractivity contribution in [2.24, 2.45) is 5.92 Å². The number of rotatable bonds is 16. The maximum Gasteiger partial charge on any atom is 0.169 e. The minimum Gasteiger partial charge on any atom is -0.360 e. The fourth-order valence-corrected chi connectivity index (χ4v) is 4.91. The lowest BCUT2D eigenvalue weighted by atomic mass is 9.95. The standard InChI is InChI=1S/C25H50N2S/c1-4-7-8-9-10-11-12-16-21-27(22-20-23(6-3)17-5-2)25(28)26-24-18-14-13-15-19-24/h23-24H,4-22H2,1-3H3,(H,26,28). The Hall–Kier alpha value is -0.310. The van der Waals surface area contributed by atoms with E-state index in [0.29, 0.717) is 6.04 Å². The molecule has 0 aromatic rings. The molecular formula is C25H50N2S. The van der Waals surface area contributed by atoms with Crippen LogP contribution in [-0.4, -0.2) is 29.1 Å². The molecular weight excluding hydrogens is 360 g/mol. The molecule has 0 aromatic heterocycles. The molecule has 28 heavy (non-hydrogen) atoms. The Labute approximate surface area is 182 Å². The summed E-state index contributed by atoms with van der Waals surface area (Å²) in [4.78, 5) is 2.51. The van der Waals surface area contributed by atoms with Gasteiger partial charge in [0.25, 0.3) is 0 Å². The smallest absolute Gasteiger partial charge is 0.169 e. The summed E-state index contributed by atoms with van der Waals surface area (Å²) in [5, 5.41) is 4.77. The van der Waals surface area contributed by atoms with E-state index in [1.165, 1.54) is 109 Å². The van der Waals surface area contributed by atoms with Crippen LogP contribution in [-0.2, 0) is 0 Å². The van der Waals surface area contributed by atoms with Gasteiger partial charge in [-0.3, -0.25) is 0 Å². The van der Waals surface area contributed by atoms with Crippen molar-refractivity contribution in [3.05, 3.63) is 0 Å². The van der Waals surface area contributed by atoms with Crippen LogP contribution in [0.15, 0.2) is 0 Å². The number of hydrogen-bond acceptors (Lipinski definition) is 1. The van der Waals surface area contributed by atoms with E-state index >= 15 is 0 Å². The highest BCUT2D eigenvalue weighted by molar-refractivity contribution is 7.80. The molecule has 0 heterocycles. The maximum absolute atomic E-state index is 5.87. The minimum atomic E-state index is 0.625. The molecule has 2 nitrogen and oxygen atoms in total. The van der Waals surface area contributed by atoms with Gasteiger partial charge < -0.3 is 10.2 Å². The van der Waals surface area contributed by atoms with E-state index in [2.05, 4.69) is 31.0 Å². The number of hydrogen-bond donors (Lipinski definition) is 1. The van der Waals surface area contributed by atoms with Crippen LogP contribution in [0, 0.1) is 5.92 Å². The lowest BCUT2D eigenvalue weighted by molar-refractivity contribution is 0.322. The van der Waals surface area contributed by atoms with E-state index in [1.807, 2.05) is 0 Å². The molecule has 1 rings (SSSR count). The molecule has 0 aromatic carbocycles. The van der Waals surface area contributed by atoms with Gasteiger partial charge in [-0.05, 0) is 43.8 Å². The van der Waals surface area contributed by atoms with E-state index < -0.39 is 0 Å². The normalized spacial score (nSPS) is 16.1. The van der Waals surface area contributed by atoms with Crippen LogP contribution in [0.1, 0.15) is 130 Å². The summed E-state index contributed by atoms with van der Waals surface area (Å²) in [6.07, 6.45) is 23.1. The van der Waals surface area contributed by atoms with Crippen molar-refractivity contribution in [2.75, 3.05) is 13.1 Å². The predicted molar refractivity (Wildman–Crippen MR) is 130 cm³/mol. The van der Waals surface area contributed by atoms with E-state index in [1.54, 1.807) is 0 Å². The van der Waals surface area contributed by atoms with Gasteiger partial charge in [-0.25, -0.2) is 0 Å². The average molecular weight is 411 g/mol. The van der Waals surface area contributed by atoms with Crippen molar-refractivity contribution >= 4 is 17.3 Å². The van der Waals surface area contributed by atoms with E-state index in [0.717, 1.165) is 24.1 Å². The third kappa shape index (κ3) is 12.3. The highest BCUT2D eigenvalue weighted by Crippen LogP contribution is 2.19. The zero-order valence-electron chi connectivity index (χ0n) is 19.4. The van der Waals surface area contributed by atoms with Gasteiger partial charge >= 0.3 is 0 Å². The molecule has 1 aliphatic rings. The fourth-order valence-electron chi connectivity index (χ4n) is 4.56. The Morgan fingerprint density at radius 1 is 0.821 bits per heavy atom. The summed E-state index contributed by atoms with van der Waals surface area (Å²) < 4.78 is 0. The molecule has 1 atom stereocenters. The first-order chi connectivity index (χ1) is 13.7. The van der Waals surface area contributed by atoms with Crippen LogP contribution < -0.4 is 5.32 Å². The van der Waals surface area contributed by atoms with Gasteiger partial charge in [0.2, 0.25) is 0 Å². The van der Waals surface area contributed by atoms with Gasteiger partial charge in [0, 0.05) is 19.1 Å². The Kier molecular flexibility index (Phi) is 16.1. The topological polar surface area (TPSA) is 15.3 Å². The Morgan fingerprint density at radius 3 is 2.07 bits per heavy atom. The Bertz CT molecular complexity index is 366. The van der Waals surface area contributed by atoms with Crippen molar-refractivity contribution in [1.29, 1.82) is 0 Å². The van der Waals surface area contributed by atoms with Crippen LogP contribution in [0.3, 0.4) is 0 Å². The lowest BCUT2D eigenvalue weighted by Gasteiger charge is -2.32. The summed E-state index contributed by atoms with van der Waals surface area (Å²) in [7, 11) is 0. The Morgan fingerprint density at radius 2 is 1.46 bits per heavy atom. The number of nitrogens with one attached hydrogen (secondary N) is 1. The van der Waals surface area contributed by atoms with Crippen LogP contribution in [0.5, 0.6) is 0 Å². The first-order valence-corrected chi connectivity index (χ1v) is 13.2. The number of thiocarbonyl (C=S) groups is 1. The second-order valence-corrected chi connectivity index (χ2v) is 9.48. The van der Waals surface area contributed by atoms with Crippen molar-refractivity contribution in [1.82, 2.24) is 10.2 Å². The van der Waals surface area contributed by atoms with Crippen LogP contribution in [0.4, 0.5) is 0 Å². The van der Waals surface area contributed by atoms with Crippen molar-refractivity contribution in [2.45, 2.75) is 136 Å². The third-order valence-corrected chi connectivity index (χ3v) is 6.96. The predicted octanol–water partition coefficient (Wildman–Crippen LogP) is 7.85.